The van der Waals surface area contributed by atoms with E-state index < -0.39 is 5.92 Å². The molecule has 1 heterocycles. The number of carbonyl (C=O) groups is 1. The van der Waals surface area contributed by atoms with Crippen molar-refractivity contribution in [2.24, 2.45) is 16.8 Å². The van der Waals surface area contributed by atoms with Gasteiger partial charge >= 0.3 is 0 Å². The average Bonchev–Trinajstić information content (AvgIpc) is 2.36. The maximum absolute atomic E-state index is 12.0. The molecule has 6 nitrogen and oxygen atoms in total. The summed E-state index contributed by atoms with van der Waals surface area (Å²) in [6.07, 6.45) is 1.95. The Morgan fingerprint density at radius 3 is 2.41 bits per heavy atom. The summed E-state index contributed by atoms with van der Waals surface area (Å²) in [7, 11) is 4.11. The lowest BCUT2D eigenvalue weighted by Gasteiger charge is -2.36. The molecule has 1 unspecified atom stereocenters. The number of hydrogen-bond acceptors (Lipinski definition) is 4. The molecule has 0 aromatic carbocycles. The summed E-state index contributed by atoms with van der Waals surface area (Å²) in [5, 5.41) is 11.4. The molecule has 1 fully saturated rings. The number of amides is 1. The van der Waals surface area contributed by atoms with Crippen molar-refractivity contribution in [1.29, 1.82) is 0 Å². The van der Waals surface area contributed by atoms with E-state index in [9.17, 15) is 4.79 Å². The SMILES string of the molecule is CC(C(=O)N1CCC(N(C)C)CC1)/C(N)=N/O. The van der Waals surface area contributed by atoms with Gasteiger partial charge in [0.25, 0.3) is 0 Å². The Balaban J connectivity index is 2.51. The monoisotopic (exact) mass is 242 g/mol. The second-order valence-electron chi connectivity index (χ2n) is 4.77. The van der Waals surface area contributed by atoms with E-state index in [4.69, 9.17) is 10.9 Å². The molecule has 0 radical (unpaired) electrons. The highest BCUT2D eigenvalue weighted by Gasteiger charge is 2.28. The zero-order valence-corrected chi connectivity index (χ0v) is 10.8. The van der Waals surface area contributed by atoms with Crippen LogP contribution in [-0.4, -0.2) is 60.0 Å². The molecule has 0 aliphatic carbocycles. The minimum atomic E-state index is -0.545. The van der Waals surface area contributed by atoms with Crippen molar-refractivity contribution in [1.82, 2.24) is 9.80 Å². The fourth-order valence-corrected chi connectivity index (χ4v) is 2.09. The molecule has 1 aliphatic heterocycles. The van der Waals surface area contributed by atoms with Gasteiger partial charge in [0.1, 0.15) is 0 Å². The summed E-state index contributed by atoms with van der Waals surface area (Å²) < 4.78 is 0. The molecule has 6 heteroatoms. The smallest absolute Gasteiger partial charge is 0.233 e. The van der Waals surface area contributed by atoms with Gasteiger partial charge in [-0.25, -0.2) is 0 Å². The highest BCUT2D eigenvalue weighted by molar-refractivity contribution is 6.01. The third kappa shape index (κ3) is 3.33. The zero-order valence-electron chi connectivity index (χ0n) is 10.8. The van der Waals surface area contributed by atoms with Gasteiger partial charge in [0.15, 0.2) is 5.84 Å². The van der Waals surface area contributed by atoms with Crippen molar-refractivity contribution in [2.75, 3.05) is 27.2 Å². The van der Waals surface area contributed by atoms with E-state index in [0.717, 1.165) is 25.9 Å². The van der Waals surface area contributed by atoms with Gasteiger partial charge in [0, 0.05) is 19.1 Å². The molecule has 0 aromatic rings. The Kier molecular flexibility index (Phi) is 4.74. The van der Waals surface area contributed by atoms with Crippen molar-refractivity contribution in [3.8, 4) is 0 Å². The van der Waals surface area contributed by atoms with Gasteiger partial charge in [-0.2, -0.15) is 0 Å². The van der Waals surface area contributed by atoms with E-state index in [-0.39, 0.29) is 11.7 Å². The van der Waals surface area contributed by atoms with Crippen LogP contribution in [0.25, 0.3) is 0 Å². The third-order valence-corrected chi connectivity index (χ3v) is 3.44. The van der Waals surface area contributed by atoms with Crippen LogP contribution in [0.3, 0.4) is 0 Å². The van der Waals surface area contributed by atoms with Crippen molar-refractivity contribution in [3.63, 3.8) is 0 Å². The zero-order chi connectivity index (χ0) is 13.0. The minimum absolute atomic E-state index is 0.0234. The molecule has 98 valence electrons. The van der Waals surface area contributed by atoms with Crippen LogP contribution < -0.4 is 5.73 Å². The Bertz CT molecular complexity index is 296. The summed E-state index contributed by atoms with van der Waals surface area (Å²) in [5.74, 6) is -0.627. The maximum Gasteiger partial charge on any atom is 0.233 e. The van der Waals surface area contributed by atoms with Crippen LogP contribution in [0.2, 0.25) is 0 Å². The molecule has 0 saturated carbocycles. The minimum Gasteiger partial charge on any atom is -0.409 e. The van der Waals surface area contributed by atoms with Crippen LogP contribution in [0.15, 0.2) is 5.16 Å². The van der Waals surface area contributed by atoms with Crippen LogP contribution in [-0.2, 0) is 4.79 Å². The molecular weight excluding hydrogens is 220 g/mol. The molecule has 1 atom stereocenters. The van der Waals surface area contributed by atoms with Gasteiger partial charge in [-0.1, -0.05) is 5.16 Å². The summed E-state index contributed by atoms with van der Waals surface area (Å²) in [6, 6.07) is 0.540. The molecule has 3 N–H and O–H groups in total. The first kappa shape index (κ1) is 13.8. The van der Waals surface area contributed by atoms with Gasteiger partial charge in [-0.3, -0.25) is 4.79 Å². The number of piperidine rings is 1. The lowest BCUT2D eigenvalue weighted by Crippen LogP contribution is -2.48. The van der Waals surface area contributed by atoms with Gasteiger partial charge < -0.3 is 20.7 Å². The predicted octanol–water partition coefficient (Wildman–Crippen LogP) is -0.0785. The highest BCUT2D eigenvalue weighted by atomic mass is 16.4. The molecule has 1 rings (SSSR count). The Labute approximate surface area is 102 Å². The van der Waals surface area contributed by atoms with Crippen LogP contribution in [0, 0.1) is 5.92 Å². The van der Waals surface area contributed by atoms with E-state index in [1.807, 2.05) is 0 Å². The standard InChI is InChI=1S/C11H22N4O2/c1-8(10(12)13-17)11(16)15-6-4-9(5-7-15)14(2)3/h8-9,17H,4-7H2,1-3H3,(H2,12,13). The lowest BCUT2D eigenvalue weighted by atomic mass is 10.0. The topological polar surface area (TPSA) is 82.2 Å². The van der Waals surface area contributed by atoms with Crippen molar-refractivity contribution in [2.45, 2.75) is 25.8 Å². The molecule has 17 heavy (non-hydrogen) atoms. The van der Waals surface area contributed by atoms with Crippen LogP contribution in [0.1, 0.15) is 19.8 Å². The quantitative estimate of drug-likeness (QED) is 0.314. The molecule has 1 amide bonds. The average molecular weight is 242 g/mol. The molecular formula is C11H22N4O2. The fourth-order valence-electron chi connectivity index (χ4n) is 2.09. The van der Waals surface area contributed by atoms with Crippen LogP contribution >= 0.6 is 0 Å². The molecule has 1 aliphatic rings. The second kappa shape index (κ2) is 5.86. The van der Waals surface area contributed by atoms with Gasteiger partial charge in [-0.05, 0) is 33.9 Å². The van der Waals surface area contributed by atoms with E-state index >= 15 is 0 Å². The first-order valence-electron chi connectivity index (χ1n) is 5.90. The number of rotatable bonds is 3. The summed E-state index contributed by atoms with van der Waals surface area (Å²) in [4.78, 5) is 16.0. The summed E-state index contributed by atoms with van der Waals surface area (Å²) in [6.45, 7) is 3.14. The van der Waals surface area contributed by atoms with Gasteiger partial charge in [0.2, 0.25) is 5.91 Å². The highest BCUT2D eigenvalue weighted by Crippen LogP contribution is 2.16. The van der Waals surface area contributed by atoms with E-state index in [1.165, 1.54) is 0 Å². The van der Waals surface area contributed by atoms with Gasteiger partial charge in [-0.15, -0.1) is 0 Å². The van der Waals surface area contributed by atoms with E-state index in [1.54, 1.807) is 11.8 Å². The number of hydrogen-bond donors (Lipinski definition) is 2. The third-order valence-electron chi connectivity index (χ3n) is 3.44. The number of nitrogens with zero attached hydrogens (tertiary/aromatic N) is 3. The normalized spacial score (nSPS) is 20.7. The van der Waals surface area contributed by atoms with Crippen molar-refractivity contribution < 1.29 is 10.0 Å². The summed E-state index contributed by atoms with van der Waals surface area (Å²) in [5.41, 5.74) is 5.44. The number of amidine groups is 1. The fraction of sp³-hybridized carbons (Fsp3) is 0.818. The Morgan fingerprint density at radius 1 is 1.47 bits per heavy atom. The molecule has 1 saturated heterocycles. The molecule has 0 aromatic heterocycles. The summed E-state index contributed by atoms with van der Waals surface area (Å²) >= 11 is 0. The lowest BCUT2D eigenvalue weighted by molar-refractivity contribution is -0.134. The largest absolute Gasteiger partial charge is 0.409 e. The molecule has 0 bridgehead atoms. The second-order valence-corrected chi connectivity index (χ2v) is 4.77. The number of carbonyl (C=O) groups excluding carboxylic acids is 1. The predicted molar refractivity (Wildman–Crippen MR) is 65.9 cm³/mol. The van der Waals surface area contributed by atoms with Gasteiger partial charge in [0.05, 0.1) is 5.92 Å². The van der Waals surface area contributed by atoms with E-state index in [2.05, 4.69) is 24.2 Å². The first-order valence-corrected chi connectivity index (χ1v) is 5.90. The van der Waals surface area contributed by atoms with Crippen molar-refractivity contribution >= 4 is 11.7 Å². The van der Waals surface area contributed by atoms with E-state index in [0.29, 0.717) is 6.04 Å². The number of likely N-dealkylation sites (tertiary alicyclic amines) is 1. The number of oxime groups is 1. The maximum atomic E-state index is 12.0. The van der Waals surface area contributed by atoms with Crippen LogP contribution in [0.5, 0.6) is 0 Å². The Morgan fingerprint density at radius 2 is 2.00 bits per heavy atom. The Hall–Kier alpha value is -1.30. The van der Waals surface area contributed by atoms with Crippen molar-refractivity contribution in [3.05, 3.63) is 0 Å². The van der Waals surface area contributed by atoms with Crippen LogP contribution in [0.4, 0.5) is 0 Å². The molecule has 0 spiro atoms. The number of nitrogens with two attached hydrogens (primary N) is 1. The first-order chi connectivity index (χ1) is 7.97.